The van der Waals surface area contributed by atoms with E-state index in [1.165, 1.54) is 0 Å². The molecule has 1 amide bonds. The molecule has 0 saturated heterocycles. The molecular formula is C13H13N7O. The van der Waals surface area contributed by atoms with Gasteiger partial charge in [0.2, 0.25) is 0 Å². The van der Waals surface area contributed by atoms with Gasteiger partial charge >= 0.3 is 0 Å². The van der Waals surface area contributed by atoms with Crippen LogP contribution in [-0.2, 0) is 13.1 Å². The molecule has 8 nitrogen and oxygen atoms in total. The van der Waals surface area contributed by atoms with E-state index in [4.69, 9.17) is 0 Å². The zero-order chi connectivity index (χ0) is 14.4. The van der Waals surface area contributed by atoms with E-state index in [0.29, 0.717) is 30.8 Å². The summed E-state index contributed by atoms with van der Waals surface area (Å²) < 4.78 is 3.46. The average Bonchev–Trinajstić information content (AvgIpc) is 3.07. The maximum absolute atomic E-state index is 12.7. The standard InChI is InChI=1S/C13H13N7O/c1-9-16-11-8-18(5-6-19(11)17-9)13(21)10-7-15-20-4-2-3-14-12(10)20/h2-4,7H,5-6,8H2,1H3. The van der Waals surface area contributed by atoms with Gasteiger partial charge in [0.1, 0.15) is 17.2 Å². The van der Waals surface area contributed by atoms with E-state index in [2.05, 4.69) is 20.2 Å². The summed E-state index contributed by atoms with van der Waals surface area (Å²) in [7, 11) is 0. The van der Waals surface area contributed by atoms with Crippen molar-refractivity contribution in [1.29, 1.82) is 0 Å². The van der Waals surface area contributed by atoms with Gasteiger partial charge in [0.05, 0.1) is 19.3 Å². The van der Waals surface area contributed by atoms with Gasteiger partial charge in [-0.15, -0.1) is 0 Å². The van der Waals surface area contributed by atoms with Gasteiger partial charge < -0.3 is 4.90 Å². The third kappa shape index (κ3) is 1.87. The molecule has 1 aliphatic heterocycles. The second kappa shape index (κ2) is 4.37. The van der Waals surface area contributed by atoms with Crippen LogP contribution in [-0.4, -0.2) is 46.7 Å². The summed E-state index contributed by atoms with van der Waals surface area (Å²) >= 11 is 0. The highest BCUT2D eigenvalue weighted by Crippen LogP contribution is 2.16. The number of amides is 1. The SMILES string of the molecule is Cc1nc2n(n1)CCN(C(=O)c1cnn3cccnc13)C2. The van der Waals surface area contributed by atoms with Gasteiger partial charge in [0.15, 0.2) is 5.65 Å². The highest BCUT2D eigenvalue weighted by atomic mass is 16.2. The first kappa shape index (κ1) is 12.0. The Hall–Kier alpha value is -2.77. The van der Waals surface area contributed by atoms with Crippen LogP contribution in [0, 0.1) is 6.92 Å². The molecule has 0 radical (unpaired) electrons. The van der Waals surface area contributed by atoms with E-state index >= 15 is 0 Å². The van der Waals surface area contributed by atoms with Crippen LogP contribution < -0.4 is 0 Å². The van der Waals surface area contributed by atoms with Crippen LogP contribution >= 0.6 is 0 Å². The van der Waals surface area contributed by atoms with Gasteiger partial charge in [0.25, 0.3) is 5.91 Å². The predicted octanol–water partition coefficient (Wildman–Crippen LogP) is 0.285. The molecule has 4 heterocycles. The molecule has 21 heavy (non-hydrogen) atoms. The molecule has 3 aromatic rings. The number of aryl methyl sites for hydroxylation is 1. The van der Waals surface area contributed by atoms with Crippen molar-refractivity contribution in [2.75, 3.05) is 6.54 Å². The summed E-state index contributed by atoms with van der Waals surface area (Å²) in [5.41, 5.74) is 1.09. The van der Waals surface area contributed by atoms with Crippen LogP contribution in [0.2, 0.25) is 0 Å². The fourth-order valence-corrected chi connectivity index (χ4v) is 2.58. The van der Waals surface area contributed by atoms with Crippen molar-refractivity contribution in [2.45, 2.75) is 20.0 Å². The Kier molecular flexibility index (Phi) is 2.50. The lowest BCUT2D eigenvalue weighted by Gasteiger charge is -2.26. The number of carbonyl (C=O) groups is 1. The van der Waals surface area contributed by atoms with Crippen LogP contribution in [0.15, 0.2) is 24.7 Å². The van der Waals surface area contributed by atoms with Crippen molar-refractivity contribution in [1.82, 2.24) is 34.3 Å². The lowest BCUT2D eigenvalue weighted by Crippen LogP contribution is -2.38. The van der Waals surface area contributed by atoms with Gasteiger partial charge in [-0.05, 0) is 13.0 Å². The smallest absolute Gasteiger partial charge is 0.259 e. The molecular weight excluding hydrogens is 270 g/mol. The lowest BCUT2D eigenvalue weighted by molar-refractivity contribution is 0.0704. The van der Waals surface area contributed by atoms with Gasteiger partial charge in [-0.1, -0.05) is 0 Å². The highest BCUT2D eigenvalue weighted by molar-refractivity contribution is 5.99. The molecule has 0 N–H and O–H groups in total. The molecule has 4 rings (SSSR count). The van der Waals surface area contributed by atoms with Crippen LogP contribution in [0.25, 0.3) is 5.65 Å². The molecule has 0 fully saturated rings. The van der Waals surface area contributed by atoms with E-state index in [1.807, 2.05) is 11.6 Å². The van der Waals surface area contributed by atoms with Crippen molar-refractivity contribution in [3.8, 4) is 0 Å². The minimum atomic E-state index is -0.0735. The Balaban J connectivity index is 1.67. The summed E-state index contributed by atoms with van der Waals surface area (Å²) in [4.78, 5) is 23.0. The molecule has 0 spiro atoms. The molecule has 3 aromatic heterocycles. The second-order valence-corrected chi connectivity index (χ2v) is 4.97. The number of hydrogen-bond acceptors (Lipinski definition) is 5. The van der Waals surface area contributed by atoms with Gasteiger partial charge in [-0.3, -0.25) is 4.79 Å². The van der Waals surface area contributed by atoms with Crippen molar-refractivity contribution in [3.05, 3.63) is 41.9 Å². The molecule has 106 valence electrons. The second-order valence-electron chi connectivity index (χ2n) is 4.97. The summed E-state index contributed by atoms with van der Waals surface area (Å²) in [5, 5.41) is 8.45. The number of rotatable bonds is 1. The minimum Gasteiger partial charge on any atom is -0.329 e. The number of fused-ring (bicyclic) bond motifs is 2. The van der Waals surface area contributed by atoms with E-state index in [1.54, 1.807) is 34.1 Å². The molecule has 0 aromatic carbocycles. The third-order valence-corrected chi connectivity index (χ3v) is 3.57. The first-order valence-electron chi connectivity index (χ1n) is 6.70. The monoisotopic (exact) mass is 283 g/mol. The maximum Gasteiger partial charge on any atom is 0.259 e. The first-order chi connectivity index (χ1) is 10.2. The van der Waals surface area contributed by atoms with Crippen LogP contribution in [0.3, 0.4) is 0 Å². The van der Waals surface area contributed by atoms with Crippen LogP contribution in [0.1, 0.15) is 22.0 Å². The van der Waals surface area contributed by atoms with E-state index in [-0.39, 0.29) is 5.91 Å². The largest absolute Gasteiger partial charge is 0.329 e. The van der Waals surface area contributed by atoms with Crippen LogP contribution in [0.5, 0.6) is 0 Å². The Bertz CT molecular complexity index is 834. The van der Waals surface area contributed by atoms with Crippen molar-refractivity contribution >= 4 is 11.6 Å². The molecule has 0 aliphatic carbocycles. The normalized spacial score (nSPS) is 14.4. The predicted molar refractivity (Wildman–Crippen MR) is 72.5 cm³/mol. The van der Waals surface area contributed by atoms with E-state index in [0.717, 1.165) is 11.6 Å². The molecule has 8 heteroatoms. The lowest BCUT2D eigenvalue weighted by atomic mass is 10.2. The summed E-state index contributed by atoms with van der Waals surface area (Å²) in [6.45, 7) is 3.59. The van der Waals surface area contributed by atoms with Crippen molar-refractivity contribution in [2.24, 2.45) is 0 Å². The quantitative estimate of drug-likeness (QED) is 0.641. The fraction of sp³-hybridized carbons (Fsp3) is 0.308. The Morgan fingerprint density at radius 3 is 3.14 bits per heavy atom. The molecule has 1 aliphatic rings. The first-order valence-corrected chi connectivity index (χ1v) is 6.70. The Labute approximate surface area is 120 Å². The molecule has 0 unspecified atom stereocenters. The zero-order valence-electron chi connectivity index (χ0n) is 11.5. The van der Waals surface area contributed by atoms with Crippen LogP contribution in [0.4, 0.5) is 0 Å². The number of carbonyl (C=O) groups excluding carboxylic acids is 1. The molecule has 0 bridgehead atoms. The molecule has 0 saturated carbocycles. The highest BCUT2D eigenvalue weighted by Gasteiger charge is 2.26. The van der Waals surface area contributed by atoms with E-state index in [9.17, 15) is 4.79 Å². The fourth-order valence-electron chi connectivity index (χ4n) is 2.58. The molecule has 0 atom stereocenters. The van der Waals surface area contributed by atoms with Gasteiger partial charge in [-0.2, -0.15) is 10.2 Å². The summed E-state index contributed by atoms with van der Waals surface area (Å²) in [6.07, 6.45) is 4.99. The summed E-state index contributed by atoms with van der Waals surface area (Å²) in [5.74, 6) is 1.48. The summed E-state index contributed by atoms with van der Waals surface area (Å²) in [6, 6.07) is 1.78. The van der Waals surface area contributed by atoms with E-state index < -0.39 is 0 Å². The van der Waals surface area contributed by atoms with Gasteiger partial charge in [-0.25, -0.2) is 19.2 Å². The minimum absolute atomic E-state index is 0.0735. The number of hydrogen-bond donors (Lipinski definition) is 0. The third-order valence-electron chi connectivity index (χ3n) is 3.57. The zero-order valence-corrected chi connectivity index (χ0v) is 11.5. The topological polar surface area (TPSA) is 81.2 Å². The maximum atomic E-state index is 12.7. The van der Waals surface area contributed by atoms with Crippen molar-refractivity contribution in [3.63, 3.8) is 0 Å². The Morgan fingerprint density at radius 2 is 2.24 bits per heavy atom. The number of nitrogens with zero attached hydrogens (tertiary/aromatic N) is 7. The number of aromatic nitrogens is 6. The van der Waals surface area contributed by atoms with Crippen molar-refractivity contribution < 1.29 is 4.79 Å². The van der Waals surface area contributed by atoms with Gasteiger partial charge in [0, 0.05) is 18.9 Å². The average molecular weight is 283 g/mol. The Morgan fingerprint density at radius 1 is 1.33 bits per heavy atom.